The van der Waals surface area contributed by atoms with E-state index < -0.39 is 29.4 Å². The Morgan fingerprint density at radius 1 is 0.947 bits per heavy atom. The number of halogens is 6. The summed E-state index contributed by atoms with van der Waals surface area (Å²) in [5.41, 5.74) is -0.290. The maximum atomic E-state index is 13.4. The number of hydrogen-bond donors (Lipinski definition) is 1. The highest BCUT2D eigenvalue weighted by Crippen LogP contribution is 2.38. The first-order chi connectivity index (χ1) is 17.8. The van der Waals surface area contributed by atoms with Crippen LogP contribution in [0.4, 0.5) is 37.7 Å². The van der Waals surface area contributed by atoms with Crippen LogP contribution in [-0.4, -0.2) is 49.0 Å². The number of benzene rings is 2. The van der Waals surface area contributed by atoms with Gasteiger partial charge in [-0.1, -0.05) is 6.07 Å². The molecule has 0 radical (unpaired) electrons. The molecule has 0 atom stereocenters. The highest BCUT2D eigenvalue weighted by Gasteiger charge is 2.37. The lowest BCUT2D eigenvalue weighted by atomic mass is 9.95. The third-order valence-electron chi connectivity index (χ3n) is 6.60. The highest BCUT2D eigenvalue weighted by atomic mass is 19.4. The first-order valence-electron chi connectivity index (χ1n) is 11.9. The molecule has 5 nitrogen and oxygen atoms in total. The van der Waals surface area contributed by atoms with Crippen LogP contribution >= 0.6 is 0 Å². The number of amides is 1. The molecule has 1 aromatic heterocycles. The molecule has 1 amide bonds. The monoisotopic (exact) mass is 536 g/mol. The highest BCUT2D eigenvalue weighted by molar-refractivity contribution is 6.06. The summed E-state index contributed by atoms with van der Waals surface area (Å²) in [6.07, 6.45) is -7.11. The fourth-order valence-corrected chi connectivity index (χ4v) is 4.42. The lowest BCUT2D eigenvalue weighted by Gasteiger charge is -2.35. The van der Waals surface area contributed by atoms with Gasteiger partial charge in [0, 0.05) is 38.6 Å². The number of rotatable bonds is 5. The van der Waals surface area contributed by atoms with Gasteiger partial charge >= 0.3 is 12.4 Å². The van der Waals surface area contributed by atoms with Gasteiger partial charge in [-0.15, -0.1) is 0 Å². The average molecular weight is 537 g/mol. The van der Waals surface area contributed by atoms with Gasteiger partial charge in [-0.3, -0.25) is 9.78 Å². The van der Waals surface area contributed by atoms with Crippen molar-refractivity contribution >= 4 is 17.3 Å². The van der Waals surface area contributed by atoms with Crippen LogP contribution in [-0.2, 0) is 18.8 Å². The number of anilines is 2. The number of carbonyl (C=O) groups is 1. The van der Waals surface area contributed by atoms with Crippen LogP contribution in [0.25, 0.3) is 0 Å². The molecule has 4 rings (SSSR count). The Morgan fingerprint density at radius 2 is 1.58 bits per heavy atom. The summed E-state index contributed by atoms with van der Waals surface area (Å²) in [5.74, 6) is -0.424. The predicted molar refractivity (Wildman–Crippen MR) is 132 cm³/mol. The summed E-state index contributed by atoms with van der Waals surface area (Å²) in [6.45, 7) is 4.66. The molecule has 38 heavy (non-hydrogen) atoms. The van der Waals surface area contributed by atoms with Crippen molar-refractivity contribution in [3.63, 3.8) is 0 Å². The van der Waals surface area contributed by atoms with Crippen LogP contribution in [0, 0.1) is 6.92 Å². The third-order valence-corrected chi connectivity index (χ3v) is 6.60. The molecule has 11 heteroatoms. The quantitative estimate of drug-likeness (QED) is 0.405. The number of nitrogens with one attached hydrogen (secondary N) is 1. The lowest BCUT2D eigenvalue weighted by Crippen LogP contribution is -2.44. The Kier molecular flexibility index (Phi) is 7.68. The largest absolute Gasteiger partial charge is 0.416 e. The van der Waals surface area contributed by atoms with Crippen molar-refractivity contribution in [1.29, 1.82) is 0 Å². The second-order valence-electron chi connectivity index (χ2n) is 9.32. The molecule has 2 aromatic carbocycles. The minimum Gasteiger partial charge on any atom is -0.367 e. The fraction of sp³-hybridized carbons (Fsp3) is 0.333. The van der Waals surface area contributed by atoms with Crippen molar-refractivity contribution in [3.8, 4) is 0 Å². The average Bonchev–Trinajstić information content (AvgIpc) is 2.86. The molecule has 1 aliphatic heterocycles. The van der Waals surface area contributed by atoms with Crippen LogP contribution in [0.1, 0.15) is 38.2 Å². The molecule has 0 aliphatic carbocycles. The molecule has 0 saturated carbocycles. The molecule has 1 aliphatic rings. The van der Waals surface area contributed by atoms with Crippen molar-refractivity contribution in [2.24, 2.45) is 0 Å². The Labute approximate surface area is 216 Å². The van der Waals surface area contributed by atoms with Gasteiger partial charge in [0.25, 0.3) is 5.91 Å². The summed E-state index contributed by atoms with van der Waals surface area (Å²) in [5, 5.41) is 2.91. The van der Waals surface area contributed by atoms with Crippen molar-refractivity contribution in [2.75, 3.05) is 43.4 Å². The molecule has 0 bridgehead atoms. The topological polar surface area (TPSA) is 48.5 Å². The number of aromatic nitrogens is 1. The van der Waals surface area contributed by atoms with Crippen LogP contribution in [0.5, 0.6) is 0 Å². The van der Waals surface area contributed by atoms with Crippen LogP contribution in [0.15, 0.2) is 54.9 Å². The molecule has 3 aromatic rings. The summed E-state index contributed by atoms with van der Waals surface area (Å²) < 4.78 is 80.3. The van der Waals surface area contributed by atoms with Crippen molar-refractivity contribution < 1.29 is 31.1 Å². The Bertz CT molecular complexity index is 1270. The maximum Gasteiger partial charge on any atom is 0.416 e. The molecule has 1 N–H and O–H groups in total. The lowest BCUT2D eigenvalue weighted by molar-refractivity contribution is -0.143. The smallest absolute Gasteiger partial charge is 0.367 e. The second-order valence-corrected chi connectivity index (χ2v) is 9.32. The van der Waals surface area contributed by atoms with Gasteiger partial charge in [-0.2, -0.15) is 26.3 Å². The predicted octanol–water partition coefficient (Wildman–Crippen LogP) is 6.02. The molecular formula is C27H26F6N4O. The Hall–Kier alpha value is -3.60. The molecule has 1 saturated heterocycles. The zero-order valence-electron chi connectivity index (χ0n) is 20.7. The summed E-state index contributed by atoms with van der Waals surface area (Å²) >= 11 is 0. The number of carbonyl (C=O) groups excluding carboxylic acids is 1. The van der Waals surface area contributed by atoms with Gasteiger partial charge in [0.1, 0.15) is 0 Å². The van der Waals surface area contributed by atoms with E-state index in [-0.39, 0.29) is 18.1 Å². The van der Waals surface area contributed by atoms with E-state index in [0.29, 0.717) is 35.5 Å². The third kappa shape index (κ3) is 6.27. The van der Waals surface area contributed by atoms with E-state index in [1.807, 2.05) is 7.05 Å². The first kappa shape index (κ1) is 27.4. The minimum atomic E-state index is -4.93. The van der Waals surface area contributed by atoms with E-state index in [0.717, 1.165) is 30.9 Å². The zero-order chi connectivity index (χ0) is 27.7. The number of nitrogens with zero attached hydrogens (tertiary/aromatic N) is 3. The first-order valence-corrected chi connectivity index (χ1v) is 11.9. The number of alkyl halides is 6. The number of piperazine rings is 1. The standard InChI is InChI=1S/C27H26F6N4O/c1-17-19(12-18-13-21(26(28,29)30)15-22(14-18)27(31,32)33)5-6-23(37-10-8-36(2)9-11-37)24(17)35-25(38)20-4-3-7-34-16-20/h3-7,13-16H,8-12H2,1-2H3,(H,35,38). The van der Waals surface area contributed by atoms with Crippen molar-refractivity contribution in [1.82, 2.24) is 9.88 Å². The SMILES string of the molecule is Cc1c(Cc2cc(C(F)(F)F)cc(C(F)(F)F)c2)ccc(N2CCN(C)CC2)c1NC(=O)c1cccnc1. The summed E-state index contributed by atoms with van der Waals surface area (Å²) in [7, 11) is 2.00. The maximum absolute atomic E-state index is 13.4. The van der Waals surface area contributed by atoms with Gasteiger partial charge in [0.05, 0.1) is 28.1 Å². The summed E-state index contributed by atoms with van der Waals surface area (Å²) in [6, 6.07) is 8.24. The van der Waals surface area contributed by atoms with E-state index in [4.69, 9.17) is 0 Å². The Morgan fingerprint density at radius 3 is 2.13 bits per heavy atom. The van der Waals surface area contributed by atoms with Crippen LogP contribution in [0.2, 0.25) is 0 Å². The number of likely N-dealkylation sites (N-methyl/N-ethyl adjacent to an activating group) is 1. The fourth-order valence-electron chi connectivity index (χ4n) is 4.42. The van der Waals surface area contributed by atoms with Crippen molar-refractivity contribution in [2.45, 2.75) is 25.7 Å². The molecule has 202 valence electrons. The van der Waals surface area contributed by atoms with E-state index >= 15 is 0 Å². The van der Waals surface area contributed by atoms with E-state index in [1.54, 1.807) is 31.2 Å². The van der Waals surface area contributed by atoms with Gasteiger partial charge in [0.2, 0.25) is 0 Å². The van der Waals surface area contributed by atoms with Gasteiger partial charge in [0.15, 0.2) is 0 Å². The van der Waals surface area contributed by atoms with Gasteiger partial charge < -0.3 is 15.1 Å². The van der Waals surface area contributed by atoms with Crippen molar-refractivity contribution in [3.05, 3.63) is 88.2 Å². The molecule has 2 heterocycles. The van der Waals surface area contributed by atoms with E-state index in [9.17, 15) is 31.1 Å². The molecule has 0 spiro atoms. The van der Waals surface area contributed by atoms with Gasteiger partial charge in [-0.05, 0) is 73.5 Å². The molecular weight excluding hydrogens is 510 g/mol. The van der Waals surface area contributed by atoms with Crippen LogP contribution in [0.3, 0.4) is 0 Å². The minimum absolute atomic E-state index is 0.117. The van der Waals surface area contributed by atoms with E-state index in [2.05, 4.69) is 20.1 Å². The number of pyridine rings is 1. The molecule has 1 fully saturated rings. The van der Waals surface area contributed by atoms with E-state index in [1.165, 1.54) is 12.4 Å². The Balaban J connectivity index is 1.75. The second kappa shape index (κ2) is 10.6. The summed E-state index contributed by atoms with van der Waals surface area (Å²) in [4.78, 5) is 21.2. The molecule has 0 unspecified atom stereocenters. The zero-order valence-corrected chi connectivity index (χ0v) is 20.7. The van der Waals surface area contributed by atoms with Crippen LogP contribution < -0.4 is 10.2 Å². The number of hydrogen-bond acceptors (Lipinski definition) is 4. The normalized spacial score (nSPS) is 15.0. The van der Waals surface area contributed by atoms with Gasteiger partial charge in [-0.25, -0.2) is 0 Å².